The van der Waals surface area contributed by atoms with E-state index in [4.69, 9.17) is 0 Å². The first-order valence-corrected chi connectivity index (χ1v) is 7.63. The highest BCUT2D eigenvalue weighted by molar-refractivity contribution is 6.00. The Kier molecular flexibility index (Phi) is 4.02. The lowest BCUT2D eigenvalue weighted by Crippen LogP contribution is -2.54. The molecule has 0 aliphatic carbocycles. The van der Waals surface area contributed by atoms with Gasteiger partial charge in [0.15, 0.2) is 0 Å². The predicted octanol–water partition coefficient (Wildman–Crippen LogP) is 1.21. The van der Waals surface area contributed by atoms with E-state index in [0.29, 0.717) is 19.5 Å². The zero-order valence-electron chi connectivity index (χ0n) is 12.8. The van der Waals surface area contributed by atoms with Crippen LogP contribution in [0.3, 0.4) is 0 Å². The van der Waals surface area contributed by atoms with Crippen LogP contribution < -0.4 is 5.32 Å². The predicted molar refractivity (Wildman–Crippen MR) is 80.0 cm³/mol. The zero-order valence-corrected chi connectivity index (χ0v) is 12.8. The molecule has 1 atom stereocenters. The van der Waals surface area contributed by atoms with Gasteiger partial charge in [0.25, 0.3) is 0 Å². The highest BCUT2D eigenvalue weighted by atomic mass is 19.1. The number of fused-ring (bicyclic) bond motifs is 1. The summed E-state index contributed by atoms with van der Waals surface area (Å²) in [5.74, 6) is -0.994. The molecule has 122 valence electrons. The van der Waals surface area contributed by atoms with Gasteiger partial charge in [0.1, 0.15) is 12.4 Å². The van der Waals surface area contributed by atoms with Gasteiger partial charge in [-0.25, -0.2) is 9.18 Å². The van der Waals surface area contributed by atoms with E-state index >= 15 is 0 Å². The summed E-state index contributed by atoms with van der Waals surface area (Å²) in [6, 6.07) is 3.78. The molecule has 2 aliphatic heterocycles. The highest BCUT2D eigenvalue weighted by Gasteiger charge is 2.33. The third-order valence-electron chi connectivity index (χ3n) is 4.42. The topological polar surface area (TPSA) is 69.7 Å². The number of hydrogen-bond acceptors (Lipinski definition) is 3. The Hall–Kier alpha value is -2.44. The van der Waals surface area contributed by atoms with E-state index in [-0.39, 0.29) is 36.6 Å². The number of urea groups is 1. The number of hydrogen-bond donors (Lipinski definition) is 1. The van der Waals surface area contributed by atoms with E-state index in [9.17, 15) is 18.8 Å². The minimum Gasteiger partial charge on any atom is -0.337 e. The van der Waals surface area contributed by atoms with Crippen LogP contribution in [-0.2, 0) is 16.0 Å². The Bertz CT molecular complexity index is 661. The van der Waals surface area contributed by atoms with Crippen LogP contribution in [0.2, 0.25) is 0 Å². The van der Waals surface area contributed by atoms with Crippen molar-refractivity contribution in [1.82, 2.24) is 15.1 Å². The largest absolute Gasteiger partial charge is 0.337 e. The van der Waals surface area contributed by atoms with Crippen LogP contribution in [0.1, 0.15) is 30.5 Å². The number of rotatable bonds is 2. The number of halogens is 1. The van der Waals surface area contributed by atoms with Gasteiger partial charge in [-0.1, -0.05) is 6.07 Å². The second-order valence-corrected chi connectivity index (χ2v) is 5.82. The van der Waals surface area contributed by atoms with E-state index in [2.05, 4.69) is 5.32 Å². The second-order valence-electron chi connectivity index (χ2n) is 5.82. The van der Waals surface area contributed by atoms with E-state index in [1.807, 2.05) is 6.92 Å². The van der Waals surface area contributed by atoms with E-state index in [1.54, 1.807) is 11.0 Å². The van der Waals surface area contributed by atoms with Crippen LogP contribution in [0.25, 0.3) is 0 Å². The van der Waals surface area contributed by atoms with Crippen molar-refractivity contribution in [3.8, 4) is 0 Å². The van der Waals surface area contributed by atoms with Gasteiger partial charge < -0.3 is 10.2 Å². The van der Waals surface area contributed by atoms with Crippen molar-refractivity contribution >= 4 is 17.8 Å². The molecule has 23 heavy (non-hydrogen) atoms. The first-order chi connectivity index (χ1) is 11.0. The summed E-state index contributed by atoms with van der Waals surface area (Å²) in [6.07, 6.45) is 0.828. The summed E-state index contributed by atoms with van der Waals surface area (Å²) in [4.78, 5) is 38.6. The number of imide groups is 1. The molecule has 0 unspecified atom stereocenters. The average molecular weight is 319 g/mol. The van der Waals surface area contributed by atoms with Crippen LogP contribution in [-0.4, -0.2) is 47.3 Å². The van der Waals surface area contributed by atoms with Gasteiger partial charge in [-0.2, -0.15) is 0 Å². The molecule has 1 fully saturated rings. The van der Waals surface area contributed by atoms with Crippen LogP contribution in [0.5, 0.6) is 0 Å². The second kappa shape index (κ2) is 5.98. The van der Waals surface area contributed by atoms with Gasteiger partial charge in [0, 0.05) is 19.5 Å². The lowest BCUT2D eigenvalue weighted by molar-refractivity contribution is -0.140. The highest BCUT2D eigenvalue weighted by Crippen LogP contribution is 2.30. The van der Waals surface area contributed by atoms with Crippen LogP contribution >= 0.6 is 0 Å². The summed E-state index contributed by atoms with van der Waals surface area (Å²) in [6.45, 7) is 2.34. The van der Waals surface area contributed by atoms with Gasteiger partial charge in [-0.15, -0.1) is 0 Å². The van der Waals surface area contributed by atoms with Gasteiger partial charge in [-0.3, -0.25) is 14.5 Å². The van der Waals surface area contributed by atoms with Crippen molar-refractivity contribution < 1.29 is 18.8 Å². The number of amides is 4. The molecule has 2 heterocycles. The molecule has 3 rings (SSSR count). The molecule has 6 nitrogen and oxygen atoms in total. The summed E-state index contributed by atoms with van der Waals surface area (Å²) in [7, 11) is 0. The third kappa shape index (κ3) is 2.91. The van der Waals surface area contributed by atoms with Crippen LogP contribution in [0.4, 0.5) is 9.18 Å². The van der Waals surface area contributed by atoms with Gasteiger partial charge in [0.05, 0.1) is 6.04 Å². The Morgan fingerprint density at radius 3 is 2.87 bits per heavy atom. The van der Waals surface area contributed by atoms with Crippen molar-refractivity contribution in [2.75, 3.05) is 19.6 Å². The number of nitrogens with one attached hydrogen (secondary N) is 1. The maximum atomic E-state index is 13.5. The smallest absolute Gasteiger partial charge is 0.324 e. The fraction of sp³-hybridized carbons (Fsp3) is 0.438. The van der Waals surface area contributed by atoms with E-state index in [0.717, 1.165) is 16.0 Å². The van der Waals surface area contributed by atoms with E-state index in [1.165, 1.54) is 12.1 Å². The average Bonchev–Trinajstić information content (AvgIpc) is 2.52. The molecule has 7 heteroatoms. The molecular weight excluding hydrogens is 301 g/mol. The van der Waals surface area contributed by atoms with Gasteiger partial charge in [-0.05, 0) is 36.6 Å². The molecule has 0 saturated carbocycles. The van der Waals surface area contributed by atoms with Crippen molar-refractivity contribution in [1.29, 1.82) is 0 Å². The van der Waals surface area contributed by atoms with Gasteiger partial charge in [0.2, 0.25) is 11.8 Å². The molecule has 1 aromatic carbocycles. The van der Waals surface area contributed by atoms with Crippen LogP contribution in [0.15, 0.2) is 18.2 Å². The fourth-order valence-corrected chi connectivity index (χ4v) is 3.13. The van der Waals surface area contributed by atoms with Crippen molar-refractivity contribution in [3.63, 3.8) is 0 Å². The van der Waals surface area contributed by atoms with Gasteiger partial charge >= 0.3 is 6.03 Å². The van der Waals surface area contributed by atoms with Crippen LogP contribution in [0, 0.1) is 5.82 Å². The molecule has 0 aromatic heterocycles. The first kappa shape index (κ1) is 15.5. The Morgan fingerprint density at radius 2 is 2.13 bits per heavy atom. The number of carbonyl (C=O) groups excluding carboxylic acids is 3. The molecule has 1 N–H and O–H groups in total. The van der Waals surface area contributed by atoms with Crippen molar-refractivity contribution in [2.45, 2.75) is 25.8 Å². The minimum atomic E-state index is -0.536. The SMILES string of the molecule is C[C@@H]1c2cc(F)ccc2CCN1C(=O)CN1C(=O)CCNC1=O. The molecule has 2 aliphatic rings. The number of carbonyl (C=O) groups is 3. The summed E-state index contributed by atoms with van der Waals surface area (Å²) in [5, 5.41) is 2.55. The summed E-state index contributed by atoms with van der Waals surface area (Å²) in [5.41, 5.74) is 1.80. The Morgan fingerprint density at radius 1 is 1.35 bits per heavy atom. The Balaban J connectivity index is 1.75. The number of nitrogens with zero attached hydrogens (tertiary/aromatic N) is 2. The molecule has 1 aromatic rings. The normalized spacial score (nSPS) is 21.0. The number of benzene rings is 1. The maximum absolute atomic E-state index is 13.5. The zero-order chi connectivity index (χ0) is 16.6. The van der Waals surface area contributed by atoms with Crippen molar-refractivity contribution in [3.05, 3.63) is 35.1 Å². The molecular formula is C16H18FN3O3. The molecule has 0 bridgehead atoms. The molecule has 4 amide bonds. The maximum Gasteiger partial charge on any atom is 0.324 e. The lowest BCUT2D eigenvalue weighted by Gasteiger charge is -2.36. The summed E-state index contributed by atoms with van der Waals surface area (Å²) >= 11 is 0. The lowest BCUT2D eigenvalue weighted by atomic mass is 9.93. The molecule has 0 spiro atoms. The Labute approximate surface area is 133 Å². The fourth-order valence-electron chi connectivity index (χ4n) is 3.13. The molecule has 1 saturated heterocycles. The van der Waals surface area contributed by atoms with Crippen molar-refractivity contribution in [2.24, 2.45) is 0 Å². The first-order valence-electron chi connectivity index (χ1n) is 7.63. The standard InChI is InChI=1S/C16H18FN3O3/c1-10-13-8-12(17)3-2-11(13)5-7-19(10)15(22)9-20-14(21)4-6-18-16(20)23/h2-3,8,10H,4-7,9H2,1H3,(H,18,23)/t10-/m1/s1. The summed E-state index contributed by atoms with van der Waals surface area (Å²) < 4.78 is 13.5. The monoisotopic (exact) mass is 319 g/mol. The van der Waals surface area contributed by atoms with E-state index < -0.39 is 6.03 Å². The molecule has 0 radical (unpaired) electrons. The minimum absolute atomic E-state index is 0.197. The quantitative estimate of drug-likeness (QED) is 0.891. The third-order valence-corrected chi connectivity index (χ3v) is 4.42.